The van der Waals surface area contributed by atoms with E-state index in [0.717, 1.165) is 16.7 Å². The van der Waals surface area contributed by atoms with Crippen molar-refractivity contribution in [3.8, 4) is 23.0 Å². The van der Waals surface area contributed by atoms with Gasteiger partial charge < -0.3 is 24.3 Å². The van der Waals surface area contributed by atoms with Gasteiger partial charge in [-0.25, -0.2) is 4.39 Å². The van der Waals surface area contributed by atoms with Gasteiger partial charge in [-0.2, -0.15) is 0 Å². The third-order valence-corrected chi connectivity index (χ3v) is 7.29. The highest BCUT2D eigenvalue weighted by atomic mass is 79.9. The Morgan fingerprint density at radius 2 is 1.93 bits per heavy atom. The molecule has 0 saturated carbocycles. The Balaban J connectivity index is 1.29. The SMILES string of the molecule is CCOc1cc(/C=C2\SC(=O)N(CC(=O)Nc3ccc4c(c3)OCO4)C2=O)cc(Br)c1OCc1ccccc1F. The van der Waals surface area contributed by atoms with Gasteiger partial charge in [-0.1, -0.05) is 18.2 Å². The van der Waals surface area contributed by atoms with Gasteiger partial charge in [0.1, 0.15) is 19.0 Å². The molecule has 0 unspecified atom stereocenters. The maximum atomic E-state index is 14.0. The van der Waals surface area contributed by atoms with Crippen LogP contribution in [-0.4, -0.2) is 41.9 Å². The number of hydrogen-bond acceptors (Lipinski definition) is 8. The molecule has 40 heavy (non-hydrogen) atoms. The van der Waals surface area contributed by atoms with Gasteiger partial charge in [0, 0.05) is 17.3 Å². The third-order valence-electron chi connectivity index (χ3n) is 5.79. The minimum absolute atomic E-state index is 0.0160. The van der Waals surface area contributed by atoms with Crippen molar-refractivity contribution in [3.63, 3.8) is 0 Å². The average molecular weight is 629 g/mol. The molecule has 1 fully saturated rings. The number of imide groups is 1. The molecule has 3 aromatic carbocycles. The smallest absolute Gasteiger partial charge is 0.294 e. The maximum Gasteiger partial charge on any atom is 0.294 e. The van der Waals surface area contributed by atoms with E-state index in [1.807, 2.05) is 0 Å². The summed E-state index contributed by atoms with van der Waals surface area (Å²) in [5.74, 6) is 0.293. The predicted molar refractivity (Wildman–Crippen MR) is 150 cm³/mol. The molecule has 1 N–H and O–H groups in total. The van der Waals surface area contributed by atoms with Crippen LogP contribution in [0.3, 0.4) is 0 Å². The number of anilines is 1. The normalized spacial score (nSPS) is 15.1. The average Bonchev–Trinajstić information content (AvgIpc) is 3.49. The first kappa shape index (κ1) is 27.5. The van der Waals surface area contributed by atoms with Gasteiger partial charge in [0.25, 0.3) is 11.1 Å². The van der Waals surface area contributed by atoms with Crippen molar-refractivity contribution in [2.24, 2.45) is 0 Å². The summed E-state index contributed by atoms with van der Waals surface area (Å²) in [6.07, 6.45) is 1.54. The number of carbonyl (C=O) groups is 3. The number of amides is 3. The summed E-state index contributed by atoms with van der Waals surface area (Å²) in [5, 5.41) is 2.09. The van der Waals surface area contributed by atoms with Gasteiger partial charge >= 0.3 is 0 Å². The van der Waals surface area contributed by atoms with Crippen molar-refractivity contribution in [3.05, 3.63) is 80.9 Å². The molecule has 0 aliphatic carbocycles. The van der Waals surface area contributed by atoms with E-state index >= 15 is 0 Å². The number of carbonyl (C=O) groups excluding carboxylic acids is 3. The standard InChI is InChI=1S/C28H22BrFN2O7S/c1-2-36-23-10-16(9-19(29)26(23)37-14-17-5-3-4-6-20(17)30)11-24-27(34)32(28(35)40-24)13-25(33)31-18-7-8-21-22(12-18)39-15-38-21/h3-12H,2,13-15H2,1H3,(H,31,33)/b24-11-. The van der Waals surface area contributed by atoms with Gasteiger partial charge in [-0.15, -0.1) is 0 Å². The summed E-state index contributed by atoms with van der Waals surface area (Å²) >= 11 is 4.20. The number of thioether (sulfide) groups is 1. The van der Waals surface area contributed by atoms with Crippen molar-refractivity contribution in [1.82, 2.24) is 4.90 Å². The molecule has 12 heteroatoms. The first-order chi connectivity index (χ1) is 19.3. The lowest BCUT2D eigenvalue weighted by Gasteiger charge is -2.15. The second-order valence-corrected chi connectivity index (χ2v) is 10.4. The van der Waals surface area contributed by atoms with Crippen LogP contribution in [0.2, 0.25) is 0 Å². The van der Waals surface area contributed by atoms with Crippen LogP contribution < -0.4 is 24.3 Å². The van der Waals surface area contributed by atoms with Crippen molar-refractivity contribution in [2.75, 3.05) is 25.3 Å². The number of halogens is 2. The molecule has 206 valence electrons. The molecule has 0 radical (unpaired) electrons. The minimum Gasteiger partial charge on any atom is -0.490 e. The number of rotatable bonds is 9. The Hall–Kier alpha value is -4.03. The van der Waals surface area contributed by atoms with Crippen LogP contribution in [0.5, 0.6) is 23.0 Å². The zero-order valence-corrected chi connectivity index (χ0v) is 23.5. The van der Waals surface area contributed by atoms with Crippen LogP contribution in [-0.2, 0) is 16.2 Å². The number of benzene rings is 3. The first-order valence-corrected chi connectivity index (χ1v) is 13.7. The van der Waals surface area contributed by atoms with E-state index in [-0.39, 0.29) is 24.1 Å². The van der Waals surface area contributed by atoms with Gasteiger partial charge in [0.15, 0.2) is 23.0 Å². The molecule has 2 aliphatic heterocycles. The number of hydrogen-bond donors (Lipinski definition) is 1. The second-order valence-electron chi connectivity index (χ2n) is 8.53. The molecule has 5 rings (SSSR count). The Morgan fingerprint density at radius 1 is 1.12 bits per heavy atom. The maximum absolute atomic E-state index is 14.0. The van der Waals surface area contributed by atoms with Gasteiger partial charge in [-0.3, -0.25) is 19.3 Å². The number of fused-ring (bicyclic) bond motifs is 1. The molecular formula is C28H22BrFN2O7S. The number of nitrogens with one attached hydrogen (secondary N) is 1. The highest BCUT2D eigenvalue weighted by Gasteiger charge is 2.36. The zero-order chi connectivity index (χ0) is 28.2. The van der Waals surface area contributed by atoms with Crippen LogP contribution in [0.25, 0.3) is 6.08 Å². The zero-order valence-electron chi connectivity index (χ0n) is 21.1. The lowest BCUT2D eigenvalue weighted by Crippen LogP contribution is -2.36. The molecule has 2 heterocycles. The van der Waals surface area contributed by atoms with Crippen LogP contribution >= 0.6 is 27.7 Å². The van der Waals surface area contributed by atoms with Gasteiger partial charge in [-0.05, 0) is 76.6 Å². The molecule has 1 saturated heterocycles. The monoisotopic (exact) mass is 628 g/mol. The molecule has 2 aliphatic rings. The van der Waals surface area contributed by atoms with E-state index in [9.17, 15) is 18.8 Å². The number of ether oxygens (including phenoxy) is 4. The fourth-order valence-corrected chi connectivity index (χ4v) is 5.36. The highest BCUT2D eigenvalue weighted by molar-refractivity contribution is 9.10. The largest absolute Gasteiger partial charge is 0.490 e. The molecule has 0 atom stereocenters. The Bertz CT molecular complexity index is 1530. The topological polar surface area (TPSA) is 103 Å². The van der Waals surface area contributed by atoms with E-state index < -0.39 is 23.6 Å². The summed E-state index contributed by atoms with van der Waals surface area (Å²) in [7, 11) is 0. The molecule has 0 aromatic heterocycles. The summed E-state index contributed by atoms with van der Waals surface area (Å²) in [4.78, 5) is 39.2. The summed E-state index contributed by atoms with van der Waals surface area (Å²) in [6, 6.07) is 14.6. The first-order valence-electron chi connectivity index (χ1n) is 12.1. The van der Waals surface area contributed by atoms with Crippen LogP contribution in [0.15, 0.2) is 64.0 Å². The quantitative estimate of drug-likeness (QED) is 0.289. The fraction of sp³-hybridized carbons (Fsp3) is 0.179. The van der Waals surface area contributed by atoms with E-state index in [4.69, 9.17) is 18.9 Å². The van der Waals surface area contributed by atoms with Crippen molar-refractivity contribution >= 4 is 56.5 Å². The Kier molecular flexibility index (Phi) is 8.27. The molecule has 3 amide bonds. The summed E-state index contributed by atoms with van der Waals surface area (Å²) < 4.78 is 36.7. The van der Waals surface area contributed by atoms with Crippen molar-refractivity contribution in [1.29, 1.82) is 0 Å². The second kappa shape index (κ2) is 12.0. The molecule has 0 bridgehead atoms. The Labute approximate surface area is 241 Å². The lowest BCUT2D eigenvalue weighted by atomic mass is 10.1. The fourth-order valence-electron chi connectivity index (χ4n) is 3.95. The van der Waals surface area contributed by atoms with E-state index in [0.29, 0.717) is 50.9 Å². The molecule has 9 nitrogen and oxygen atoms in total. The van der Waals surface area contributed by atoms with Gasteiger partial charge in [0.2, 0.25) is 12.7 Å². The van der Waals surface area contributed by atoms with E-state index in [1.165, 1.54) is 12.1 Å². The predicted octanol–water partition coefficient (Wildman–Crippen LogP) is 5.97. The number of nitrogens with zero attached hydrogens (tertiary/aromatic N) is 1. The van der Waals surface area contributed by atoms with Crippen LogP contribution in [0.1, 0.15) is 18.1 Å². The van der Waals surface area contributed by atoms with E-state index in [2.05, 4.69) is 21.2 Å². The summed E-state index contributed by atoms with van der Waals surface area (Å²) in [6.45, 7) is 1.77. The lowest BCUT2D eigenvalue weighted by molar-refractivity contribution is -0.127. The van der Waals surface area contributed by atoms with Gasteiger partial charge in [0.05, 0.1) is 16.0 Å². The van der Waals surface area contributed by atoms with Crippen LogP contribution in [0.4, 0.5) is 14.9 Å². The molecule has 3 aromatic rings. The third kappa shape index (κ3) is 6.07. The summed E-state index contributed by atoms with van der Waals surface area (Å²) in [5.41, 5.74) is 1.39. The van der Waals surface area contributed by atoms with Crippen molar-refractivity contribution < 1.29 is 37.7 Å². The molecule has 0 spiro atoms. The Morgan fingerprint density at radius 3 is 2.73 bits per heavy atom. The van der Waals surface area contributed by atoms with E-state index in [1.54, 1.807) is 55.5 Å². The molecular weight excluding hydrogens is 607 g/mol. The highest BCUT2D eigenvalue weighted by Crippen LogP contribution is 2.40. The minimum atomic E-state index is -0.593. The van der Waals surface area contributed by atoms with Crippen LogP contribution in [0, 0.1) is 5.82 Å². The van der Waals surface area contributed by atoms with Crippen molar-refractivity contribution in [2.45, 2.75) is 13.5 Å².